The van der Waals surface area contributed by atoms with E-state index in [1.807, 2.05) is 5.32 Å². The first kappa shape index (κ1) is 23.2. The summed E-state index contributed by atoms with van der Waals surface area (Å²) in [5, 5.41) is 11.8. The van der Waals surface area contributed by atoms with Crippen LogP contribution >= 0.6 is 23.2 Å². The van der Waals surface area contributed by atoms with Crippen LogP contribution in [-0.2, 0) is 5.60 Å². The van der Waals surface area contributed by atoms with Crippen LogP contribution in [0.4, 0.5) is 32.0 Å². The highest BCUT2D eigenvalue weighted by Gasteiger charge is 2.72. The van der Waals surface area contributed by atoms with Crippen LogP contribution in [0, 0.1) is 0 Å². The minimum Gasteiger partial charge on any atom is -0.369 e. The summed E-state index contributed by atoms with van der Waals surface area (Å²) < 4.78 is 81.1. The fourth-order valence-electron chi connectivity index (χ4n) is 3.03. The lowest BCUT2D eigenvalue weighted by Crippen LogP contribution is -2.54. The Morgan fingerprint density at radius 2 is 1.45 bits per heavy atom. The number of benzene rings is 3. The van der Waals surface area contributed by atoms with Crippen molar-refractivity contribution in [2.45, 2.75) is 18.0 Å². The van der Waals surface area contributed by atoms with Gasteiger partial charge in [-0.1, -0.05) is 65.7 Å². The Morgan fingerprint density at radius 1 is 0.839 bits per heavy atom. The molecule has 0 aliphatic rings. The Labute approximate surface area is 181 Å². The van der Waals surface area contributed by atoms with Gasteiger partial charge in [-0.25, -0.2) is 0 Å². The second kappa shape index (κ2) is 7.89. The number of carbonyl (C=O) groups excluding carboxylic acids is 1. The van der Waals surface area contributed by atoms with Gasteiger partial charge in [-0.2, -0.15) is 26.3 Å². The summed E-state index contributed by atoms with van der Waals surface area (Å²) in [6, 6.07) is 10.8. The molecule has 2 N–H and O–H groups in total. The van der Waals surface area contributed by atoms with Gasteiger partial charge in [0.2, 0.25) is 0 Å². The third-order valence-electron chi connectivity index (χ3n) is 4.57. The fourth-order valence-corrected chi connectivity index (χ4v) is 3.42. The molecule has 0 aliphatic heterocycles. The average molecular weight is 482 g/mol. The minimum atomic E-state index is -6.14. The maximum atomic E-state index is 13.5. The van der Waals surface area contributed by atoms with E-state index in [-0.39, 0.29) is 26.4 Å². The normalized spacial score (nSPS) is 12.8. The molecule has 0 aliphatic carbocycles. The number of fused-ring (bicyclic) bond motifs is 1. The van der Waals surface area contributed by atoms with E-state index in [9.17, 15) is 36.2 Å². The lowest BCUT2D eigenvalue weighted by Gasteiger charge is -2.34. The van der Waals surface area contributed by atoms with Crippen molar-refractivity contribution in [2.24, 2.45) is 0 Å². The summed E-state index contributed by atoms with van der Waals surface area (Å²) in [7, 11) is 0. The van der Waals surface area contributed by atoms with E-state index in [0.717, 1.165) is 6.07 Å². The molecule has 31 heavy (non-hydrogen) atoms. The smallest absolute Gasteiger partial charge is 0.369 e. The summed E-state index contributed by atoms with van der Waals surface area (Å²) in [5.74, 6) is -1.11. The molecule has 0 unspecified atom stereocenters. The van der Waals surface area contributed by atoms with E-state index >= 15 is 0 Å². The molecule has 3 rings (SSSR count). The number of anilines is 1. The van der Waals surface area contributed by atoms with E-state index in [1.165, 1.54) is 42.5 Å². The molecule has 0 aromatic heterocycles. The number of amides is 1. The zero-order valence-electron chi connectivity index (χ0n) is 15.1. The van der Waals surface area contributed by atoms with Gasteiger partial charge in [0.15, 0.2) is 0 Å². The number of nitrogens with one attached hydrogen (secondary N) is 1. The Hall–Kier alpha value is -2.49. The molecular formula is C20H11Cl2F6NO2. The number of rotatable bonds is 3. The SMILES string of the molecule is O=C(Nc1c(C(O)(C(F)(F)F)C(F)(F)F)ccc2ccccc12)c1cccc(Cl)c1Cl. The number of aliphatic hydroxyl groups is 1. The molecule has 0 saturated heterocycles. The van der Waals surface area contributed by atoms with Crippen molar-refractivity contribution in [2.75, 3.05) is 5.32 Å². The molecular weight excluding hydrogens is 471 g/mol. The van der Waals surface area contributed by atoms with E-state index in [0.29, 0.717) is 6.07 Å². The highest BCUT2D eigenvalue weighted by Crippen LogP contribution is 2.53. The molecule has 0 heterocycles. The Kier molecular flexibility index (Phi) is 5.90. The third-order valence-corrected chi connectivity index (χ3v) is 5.39. The Morgan fingerprint density at radius 3 is 2.06 bits per heavy atom. The van der Waals surface area contributed by atoms with Gasteiger partial charge in [0, 0.05) is 10.9 Å². The molecule has 0 radical (unpaired) electrons. The molecule has 0 saturated carbocycles. The van der Waals surface area contributed by atoms with E-state index in [4.69, 9.17) is 23.2 Å². The van der Waals surface area contributed by atoms with Gasteiger partial charge in [-0.3, -0.25) is 4.79 Å². The van der Waals surface area contributed by atoms with Crippen LogP contribution in [0.25, 0.3) is 10.8 Å². The van der Waals surface area contributed by atoms with Crippen LogP contribution < -0.4 is 5.32 Å². The third kappa shape index (κ3) is 3.93. The van der Waals surface area contributed by atoms with Crippen molar-refractivity contribution >= 4 is 45.6 Å². The van der Waals surface area contributed by atoms with E-state index in [2.05, 4.69) is 0 Å². The average Bonchev–Trinajstić information content (AvgIpc) is 2.68. The van der Waals surface area contributed by atoms with Gasteiger partial charge in [0.25, 0.3) is 11.5 Å². The van der Waals surface area contributed by atoms with Crippen molar-refractivity contribution in [1.82, 2.24) is 0 Å². The van der Waals surface area contributed by atoms with Crippen LogP contribution in [0.2, 0.25) is 10.0 Å². The highest BCUT2D eigenvalue weighted by atomic mass is 35.5. The van der Waals surface area contributed by atoms with Gasteiger partial charge in [-0.05, 0) is 17.5 Å². The largest absolute Gasteiger partial charge is 0.430 e. The minimum absolute atomic E-state index is 0.0467. The van der Waals surface area contributed by atoms with E-state index < -0.39 is 35.1 Å². The summed E-state index contributed by atoms with van der Waals surface area (Å²) >= 11 is 11.8. The molecule has 0 fully saturated rings. The van der Waals surface area contributed by atoms with Gasteiger partial charge in [0.05, 0.1) is 21.3 Å². The van der Waals surface area contributed by atoms with Gasteiger partial charge >= 0.3 is 12.4 Å². The monoisotopic (exact) mass is 481 g/mol. The van der Waals surface area contributed by atoms with E-state index in [1.54, 1.807) is 0 Å². The van der Waals surface area contributed by atoms with Gasteiger partial charge < -0.3 is 10.4 Å². The van der Waals surface area contributed by atoms with Crippen LogP contribution in [0.1, 0.15) is 15.9 Å². The Bertz CT molecular complexity index is 1150. The molecule has 11 heteroatoms. The predicted molar refractivity (Wildman–Crippen MR) is 104 cm³/mol. The van der Waals surface area contributed by atoms with Gasteiger partial charge in [0.1, 0.15) is 0 Å². The predicted octanol–water partition coefficient (Wildman–Crippen LogP) is 6.71. The number of hydrogen-bond donors (Lipinski definition) is 2. The van der Waals surface area contributed by atoms with Crippen molar-refractivity contribution < 1.29 is 36.2 Å². The van der Waals surface area contributed by atoms with Crippen molar-refractivity contribution in [3.8, 4) is 0 Å². The number of halogens is 8. The summed E-state index contributed by atoms with van der Waals surface area (Å²) in [4.78, 5) is 12.7. The topological polar surface area (TPSA) is 49.3 Å². The second-order valence-corrected chi connectivity index (χ2v) is 7.26. The molecule has 0 bridgehead atoms. The molecule has 3 aromatic rings. The molecule has 0 atom stereocenters. The van der Waals surface area contributed by atoms with Crippen molar-refractivity contribution in [3.05, 3.63) is 75.8 Å². The second-order valence-electron chi connectivity index (χ2n) is 6.47. The van der Waals surface area contributed by atoms with Crippen LogP contribution in [-0.4, -0.2) is 23.4 Å². The zero-order chi connectivity index (χ0) is 23.2. The van der Waals surface area contributed by atoms with Crippen LogP contribution in [0.5, 0.6) is 0 Å². The molecule has 164 valence electrons. The number of carbonyl (C=O) groups is 1. The standard InChI is InChI=1S/C20H11Cl2F6NO2/c21-14-7-3-6-12(15(14)22)17(30)29-16-11-5-2-1-4-10(11)8-9-13(16)18(31,19(23,24)25)20(26,27)28/h1-9,31H,(H,29,30). The molecule has 3 nitrogen and oxygen atoms in total. The summed E-state index contributed by atoms with van der Waals surface area (Å²) in [6.45, 7) is 0. The number of alkyl halides is 6. The first-order valence-electron chi connectivity index (χ1n) is 8.42. The lowest BCUT2D eigenvalue weighted by molar-refractivity contribution is -0.375. The lowest BCUT2D eigenvalue weighted by atomic mass is 9.88. The first-order valence-corrected chi connectivity index (χ1v) is 9.18. The van der Waals surface area contributed by atoms with Gasteiger partial charge in [-0.15, -0.1) is 0 Å². The first-order chi connectivity index (χ1) is 14.3. The molecule has 0 spiro atoms. The van der Waals surface area contributed by atoms with Crippen LogP contribution in [0.15, 0.2) is 54.6 Å². The zero-order valence-corrected chi connectivity index (χ0v) is 16.6. The summed E-state index contributed by atoms with van der Waals surface area (Å²) in [5.41, 5.74) is -7.98. The Balaban J connectivity index is 2.29. The molecule has 3 aromatic carbocycles. The summed E-state index contributed by atoms with van der Waals surface area (Å²) in [6.07, 6.45) is -12.3. The van der Waals surface area contributed by atoms with Crippen molar-refractivity contribution in [1.29, 1.82) is 0 Å². The maximum Gasteiger partial charge on any atom is 0.430 e. The maximum absolute atomic E-state index is 13.5. The van der Waals surface area contributed by atoms with Crippen molar-refractivity contribution in [3.63, 3.8) is 0 Å². The fraction of sp³-hybridized carbons (Fsp3) is 0.150. The van der Waals surface area contributed by atoms with Crippen LogP contribution in [0.3, 0.4) is 0 Å². The molecule has 1 amide bonds. The highest BCUT2D eigenvalue weighted by molar-refractivity contribution is 6.44. The number of hydrogen-bond acceptors (Lipinski definition) is 2. The quantitative estimate of drug-likeness (QED) is 0.408.